The maximum Gasteiger partial charge on any atom is 0.162 e. The van der Waals surface area contributed by atoms with Gasteiger partial charge in [0.2, 0.25) is 0 Å². The summed E-state index contributed by atoms with van der Waals surface area (Å²) in [7, 11) is 0. The van der Waals surface area contributed by atoms with E-state index in [1.165, 1.54) is 38.5 Å². The van der Waals surface area contributed by atoms with Crippen LogP contribution in [-0.2, 0) is 12.8 Å². The van der Waals surface area contributed by atoms with Crippen LogP contribution in [0.5, 0.6) is 0 Å². The summed E-state index contributed by atoms with van der Waals surface area (Å²) in [5.41, 5.74) is 2.55. The molecular formula is C26H38F2N2. The number of aryl methyl sites for hydroxylation is 2. The molecular weight excluding hydrogens is 378 g/mol. The van der Waals surface area contributed by atoms with Gasteiger partial charge in [-0.1, -0.05) is 64.4 Å². The normalized spacial score (nSPS) is 12.3. The number of alkyl halides is 1. The fourth-order valence-corrected chi connectivity index (χ4v) is 3.74. The summed E-state index contributed by atoms with van der Waals surface area (Å²) >= 11 is 0. The van der Waals surface area contributed by atoms with Crippen molar-refractivity contribution in [3.63, 3.8) is 0 Å². The van der Waals surface area contributed by atoms with Crippen LogP contribution in [0.1, 0.15) is 95.6 Å². The second-order valence-electron chi connectivity index (χ2n) is 8.48. The summed E-state index contributed by atoms with van der Waals surface area (Å²) in [6, 6.07) is 5.44. The van der Waals surface area contributed by atoms with Gasteiger partial charge in [0.15, 0.2) is 5.82 Å². The molecule has 2 aromatic rings. The van der Waals surface area contributed by atoms with Gasteiger partial charge in [0, 0.05) is 12.4 Å². The molecule has 0 saturated carbocycles. The Balaban J connectivity index is 1.77. The van der Waals surface area contributed by atoms with Gasteiger partial charge < -0.3 is 0 Å². The first-order valence-electron chi connectivity index (χ1n) is 11.8. The zero-order valence-corrected chi connectivity index (χ0v) is 18.8. The van der Waals surface area contributed by atoms with E-state index in [9.17, 15) is 8.78 Å². The van der Waals surface area contributed by atoms with Gasteiger partial charge in [-0.3, -0.25) is 0 Å². The molecule has 0 aliphatic carbocycles. The van der Waals surface area contributed by atoms with Crippen LogP contribution in [0.15, 0.2) is 30.6 Å². The first-order valence-corrected chi connectivity index (χ1v) is 11.8. The number of hydrogen-bond acceptors (Lipinski definition) is 2. The van der Waals surface area contributed by atoms with Crippen molar-refractivity contribution in [2.75, 3.05) is 0 Å². The number of hydrogen-bond donors (Lipinski definition) is 0. The molecule has 0 radical (unpaired) electrons. The number of aromatic nitrogens is 2. The van der Waals surface area contributed by atoms with E-state index in [2.05, 4.69) is 16.9 Å². The van der Waals surface area contributed by atoms with Gasteiger partial charge in [-0.2, -0.15) is 0 Å². The van der Waals surface area contributed by atoms with Crippen molar-refractivity contribution in [3.05, 3.63) is 47.5 Å². The minimum Gasteiger partial charge on any atom is -0.248 e. The highest BCUT2D eigenvalue weighted by molar-refractivity contribution is 5.56. The Bertz CT molecular complexity index is 713. The fraction of sp³-hybridized carbons (Fsp3) is 0.615. The van der Waals surface area contributed by atoms with Crippen molar-refractivity contribution in [2.24, 2.45) is 0 Å². The molecule has 2 rings (SSSR count). The molecule has 4 heteroatoms. The number of benzene rings is 1. The van der Waals surface area contributed by atoms with E-state index in [-0.39, 0.29) is 5.82 Å². The molecule has 1 unspecified atom stereocenters. The standard InChI is InChI=1S/C26H38F2N2/c1-3-4-5-6-7-8-11-14-22-16-17-24(25(28)18-22)26-29-19-23(20-30-26)15-12-9-10-13-21(2)27/h16-21H,3-15H2,1-2H3. The molecule has 0 aliphatic rings. The zero-order chi connectivity index (χ0) is 21.6. The summed E-state index contributed by atoms with van der Waals surface area (Å²) in [5.74, 6) is 0.188. The van der Waals surface area contributed by atoms with Crippen molar-refractivity contribution in [3.8, 4) is 11.4 Å². The Morgan fingerprint density at radius 1 is 0.800 bits per heavy atom. The average molecular weight is 417 g/mol. The molecule has 1 heterocycles. The van der Waals surface area contributed by atoms with Crippen molar-refractivity contribution >= 4 is 0 Å². The summed E-state index contributed by atoms with van der Waals surface area (Å²) < 4.78 is 27.4. The summed E-state index contributed by atoms with van der Waals surface area (Å²) in [6.07, 6.45) is 17.0. The van der Waals surface area contributed by atoms with Crippen molar-refractivity contribution < 1.29 is 8.78 Å². The molecule has 166 valence electrons. The summed E-state index contributed by atoms with van der Waals surface area (Å²) in [4.78, 5) is 8.73. The maximum absolute atomic E-state index is 14.6. The van der Waals surface area contributed by atoms with E-state index in [1.54, 1.807) is 31.5 Å². The quantitative estimate of drug-likeness (QED) is 0.275. The Morgan fingerprint density at radius 3 is 2.03 bits per heavy atom. The second-order valence-corrected chi connectivity index (χ2v) is 8.48. The average Bonchev–Trinajstić information content (AvgIpc) is 2.73. The van der Waals surface area contributed by atoms with E-state index in [0.29, 0.717) is 17.8 Å². The van der Waals surface area contributed by atoms with Crippen molar-refractivity contribution in [1.82, 2.24) is 9.97 Å². The van der Waals surface area contributed by atoms with Crippen LogP contribution >= 0.6 is 0 Å². The lowest BCUT2D eigenvalue weighted by molar-refractivity contribution is 0.330. The van der Waals surface area contributed by atoms with Crippen molar-refractivity contribution in [1.29, 1.82) is 0 Å². The monoisotopic (exact) mass is 416 g/mol. The van der Waals surface area contributed by atoms with E-state index in [4.69, 9.17) is 0 Å². The van der Waals surface area contributed by atoms with Gasteiger partial charge in [-0.05, 0) is 62.3 Å². The molecule has 0 fully saturated rings. The van der Waals surface area contributed by atoms with Crippen LogP contribution in [0.3, 0.4) is 0 Å². The van der Waals surface area contributed by atoms with Gasteiger partial charge in [-0.15, -0.1) is 0 Å². The minimum atomic E-state index is -0.718. The number of halogens is 2. The molecule has 1 atom stereocenters. The SMILES string of the molecule is CCCCCCCCCc1ccc(-c2ncc(CCCCCC(C)F)cn2)c(F)c1. The zero-order valence-electron chi connectivity index (χ0n) is 18.8. The molecule has 0 bridgehead atoms. The van der Waals surface area contributed by atoms with E-state index < -0.39 is 6.17 Å². The summed E-state index contributed by atoms with van der Waals surface area (Å²) in [5, 5.41) is 0. The summed E-state index contributed by atoms with van der Waals surface area (Å²) in [6.45, 7) is 3.84. The molecule has 0 N–H and O–H groups in total. The van der Waals surface area contributed by atoms with Crippen LogP contribution in [0.4, 0.5) is 8.78 Å². The minimum absolute atomic E-state index is 0.247. The van der Waals surface area contributed by atoms with E-state index in [0.717, 1.165) is 49.7 Å². The van der Waals surface area contributed by atoms with E-state index in [1.807, 2.05) is 6.07 Å². The lowest BCUT2D eigenvalue weighted by Gasteiger charge is -2.07. The molecule has 0 saturated heterocycles. The largest absolute Gasteiger partial charge is 0.248 e. The molecule has 30 heavy (non-hydrogen) atoms. The highest BCUT2D eigenvalue weighted by Gasteiger charge is 2.09. The Hall–Kier alpha value is -1.84. The third kappa shape index (κ3) is 9.32. The van der Waals surface area contributed by atoms with Crippen LogP contribution in [-0.4, -0.2) is 16.1 Å². The Kier molecular flexibility index (Phi) is 11.6. The van der Waals surface area contributed by atoms with Gasteiger partial charge in [0.1, 0.15) is 5.82 Å². The van der Waals surface area contributed by atoms with Crippen LogP contribution in [0, 0.1) is 5.82 Å². The molecule has 1 aromatic heterocycles. The van der Waals surface area contributed by atoms with Crippen molar-refractivity contribution in [2.45, 2.75) is 103 Å². The third-order valence-corrected chi connectivity index (χ3v) is 5.62. The second kappa shape index (κ2) is 14.2. The first-order chi connectivity index (χ1) is 14.6. The fourth-order valence-electron chi connectivity index (χ4n) is 3.74. The highest BCUT2D eigenvalue weighted by atomic mass is 19.1. The third-order valence-electron chi connectivity index (χ3n) is 5.62. The molecule has 0 spiro atoms. The van der Waals surface area contributed by atoms with E-state index >= 15 is 0 Å². The van der Waals surface area contributed by atoms with Gasteiger partial charge in [0.25, 0.3) is 0 Å². The number of nitrogens with zero attached hydrogens (tertiary/aromatic N) is 2. The number of unbranched alkanes of at least 4 members (excludes halogenated alkanes) is 8. The highest BCUT2D eigenvalue weighted by Crippen LogP contribution is 2.22. The Morgan fingerprint density at radius 2 is 1.40 bits per heavy atom. The van der Waals surface area contributed by atoms with Gasteiger partial charge >= 0.3 is 0 Å². The predicted molar refractivity (Wildman–Crippen MR) is 122 cm³/mol. The lowest BCUT2D eigenvalue weighted by atomic mass is 10.0. The Labute approximate surface area is 181 Å². The van der Waals surface area contributed by atoms with Crippen LogP contribution in [0.2, 0.25) is 0 Å². The van der Waals surface area contributed by atoms with Gasteiger partial charge in [-0.25, -0.2) is 18.7 Å². The molecule has 0 amide bonds. The van der Waals surface area contributed by atoms with Crippen LogP contribution in [0.25, 0.3) is 11.4 Å². The van der Waals surface area contributed by atoms with Crippen LogP contribution < -0.4 is 0 Å². The number of rotatable bonds is 15. The molecule has 0 aliphatic heterocycles. The maximum atomic E-state index is 14.6. The molecule has 1 aromatic carbocycles. The molecule has 2 nitrogen and oxygen atoms in total. The predicted octanol–water partition coefficient (Wildman–Crippen LogP) is 8.04. The lowest BCUT2D eigenvalue weighted by Crippen LogP contribution is -1.97. The first kappa shape index (κ1) is 24.4. The topological polar surface area (TPSA) is 25.8 Å². The smallest absolute Gasteiger partial charge is 0.162 e. The van der Waals surface area contributed by atoms with Gasteiger partial charge in [0.05, 0.1) is 11.7 Å².